The van der Waals surface area contributed by atoms with Crippen LogP contribution in [0.1, 0.15) is 72.6 Å². The molecule has 1 N–H and O–H groups in total. The van der Waals surface area contributed by atoms with Gasteiger partial charge in [-0.25, -0.2) is 0 Å². The second-order valence-corrected chi connectivity index (χ2v) is 6.99. The molecular formula is C17H33NO. The van der Waals surface area contributed by atoms with E-state index in [1.807, 2.05) is 0 Å². The molecule has 0 aromatic heterocycles. The van der Waals surface area contributed by atoms with Gasteiger partial charge >= 0.3 is 0 Å². The summed E-state index contributed by atoms with van der Waals surface area (Å²) in [6, 6.07) is 1.37. The van der Waals surface area contributed by atoms with Gasteiger partial charge in [0, 0.05) is 24.1 Å². The highest BCUT2D eigenvalue weighted by molar-refractivity contribution is 5.10. The van der Waals surface area contributed by atoms with Crippen LogP contribution in [-0.4, -0.2) is 24.8 Å². The van der Waals surface area contributed by atoms with Gasteiger partial charge in [0.05, 0.1) is 6.10 Å². The fraction of sp³-hybridized carbons (Fsp3) is 1.00. The maximum absolute atomic E-state index is 5.99. The van der Waals surface area contributed by atoms with E-state index in [4.69, 9.17) is 4.74 Å². The molecule has 2 fully saturated rings. The van der Waals surface area contributed by atoms with Crippen LogP contribution in [0.25, 0.3) is 0 Å². The Labute approximate surface area is 119 Å². The normalized spacial score (nSPS) is 32.2. The maximum atomic E-state index is 5.99. The molecule has 1 spiro atoms. The van der Waals surface area contributed by atoms with E-state index in [1.54, 1.807) is 0 Å². The van der Waals surface area contributed by atoms with Crippen LogP contribution in [0, 0.1) is 11.3 Å². The topological polar surface area (TPSA) is 21.3 Å². The summed E-state index contributed by atoms with van der Waals surface area (Å²) in [5.41, 5.74) is 0.486. The molecule has 2 heteroatoms. The van der Waals surface area contributed by atoms with Gasteiger partial charge in [0.25, 0.3) is 0 Å². The lowest BCUT2D eigenvalue weighted by Gasteiger charge is -2.55. The number of hydrogen-bond acceptors (Lipinski definition) is 2. The standard InChI is InChI=1S/C17H33NO/c1-5-13(3)11-14(4)18-15-12-16(19-6-2)17(15)9-7-8-10-17/h13-16,18H,5-12H2,1-4H3. The summed E-state index contributed by atoms with van der Waals surface area (Å²) >= 11 is 0. The minimum absolute atomic E-state index is 0.486. The summed E-state index contributed by atoms with van der Waals surface area (Å²) in [6.45, 7) is 10.0. The lowest BCUT2D eigenvalue weighted by atomic mass is 9.60. The fourth-order valence-electron chi connectivity index (χ4n) is 4.30. The molecule has 4 atom stereocenters. The minimum atomic E-state index is 0.486. The highest BCUT2D eigenvalue weighted by atomic mass is 16.5. The Morgan fingerprint density at radius 1 is 1.21 bits per heavy atom. The van der Waals surface area contributed by atoms with E-state index in [0.717, 1.165) is 12.5 Å². The van der Waals surface area contributed by atoms with Crippen molar-refractivity contribution in [2.75, 3.05) is 6.61 Å². The molecule has 0 aliphatic heterocycles. The lowest BCUT2D eigenvalue weighted by Crippen LogP contribution is -2.64. The summed E-state index contributed by atoms with van der Waals surface area (Å²) < 4.78 is 5.99. The molecule has 4 unspecified atom stereocenters. The van der Waals surface area contributed by atoms with Gasteiger partial charge in [-0.15, -0.1) is 0 Å². The molecule has 0 amide bonds. The molecule has 0 saturated heterocycles. The maximum Gasteiger partial charge on any atom is 0.0661 e. The van der Waals surface area contributed by atoms with Crippen LogP contribution in [0.5, 0.6) is 0 Å². The summed E-state index contributed by atoms with van der Waals surface area (Å²) in [5.74, 6) is 0.838. The van der Waals surface area contributed by atoms with Crippen molar-refractivity contribution in [1.82, 2.24) is 5.32 Å². The second kappa shape index (κ2) is 6.58. The van der Waals surface area contributed by atoms with Crippen molar-refractivity contribution >= 4 is 0 Å². The van der Waals surface area contributed by atoms with E-state index < -0.39 is 0 Å². The van der Waals surface area contributed by atoms with Gasteiger partial charge in [-0.3, -0.25) is 0 Å². The van der Waals surface area contributed by atoms with E-state index in [1.165, 1.54) is 44.9 Å². The Balaban J connectivity index is 1.87. The predicted octanol–water partition coefficient (Wildman–Crippen LogP) is 4.14. The molecule has 2 nitrogen and oxygen atoms in total. The molecule has 0 aromatic carbocycles. The molecule has 112 valence electrons. The molecule has 0 radical (unpaired) electrons. The smallest absolute Gasteiger partial charge is 0.0661 e. The highest BCUT2D eigenvalue weighted by Gasteiger charge is 2.56. The summed E-state index contributed by atoms with van der Waals surface area (Å²) in [6.07, 6.45) is 9.94. The average Bonchev–Trinajstić information content (AvgIpc) is 2.89. The number of ether oxygens (including phenoxy) is 1. The van der Waals surface area contributed by atoms with E-state index in [-0.39, 0.29) is 0 Å². The largest absolute Gasteiger partial charge is 0.378 e. The van der Waals surface area contributed by atoms with Crippen LogP contribution in [0.3, 0.4) is 0 Å². The zero-order chi connectivity index (χ0) is 13.9. The van der Waals surface area contributed by atoms with Crippen molar-refractivity contribution in [3.8, 4) is 0 Å². The first-order chi connectivity index (χ1) is 9.12. The van der Waals surface area contributed by atoms with Crippen LogP contribution < -0.4 is 5.32 Å². The number of nitrogens with one attached hydrogen (secondary N) is 1. The molecule has 0 bridgehead atoms. The molecule has 19 heavy (non-hydrogen) atoms. The summed E-state index contributed by atoms with van der Waals surface area (Å²) in [5, 5.41) is 3.92. The first-order valence-electron chi connectivity index (χ1n) is 8.50. The van der Waals surface area contributed by atoms with Crippen LogP contribution in [0.15, 0.2) is 0 Å². The van der Waals surface area contributed by atoms with Gasteiger partial charge in [0.15, 0.2) is 0 Å². The van der Waals surface area contributed by atoms with Crippen LogP contribution >= 0.6 is 0 Å². The first kappa shape index (κ1) is 15.3. The van der Waals surface area contributed by atoms with E-state index in [0.29, 0.717) is 23.6 Å². The van der Waals surface area contributed by atoms with Gasteiger partial charge in [-0.1, -0.05) is 33.1 Å². The Bertz CT molecular complexity index is 272. The first-order valence-corrected chi connectivity index (χ1v) is 8.50. The quantitative estimate of drug-likeness (QED) is 0.748. The van der Waals surface area contributed by atoms with E-state index in [2.05, 4.69) is 33.0 Å². The molecule has 2 aliphatic rings. The third kappa shape index (κ3) is 3.16. The van der Waals surface area contributed by atoms with Gasteiger partial charge in [-0.05, 0) is 45.4 Å². The van der Waals surface area contributed by atoms with Crippen LogP contribution in [0.2, 0.25) is 0 Å². The zero-order valence-corrected chi connectivity index (χ0v) is 13.4. The van der Waals surface area contributed by atoms with Crippen LogP contribution in [-0.2, 0) is 4.74 Å². The molecular weight excluding hydrogens is 234 g/mol. The Morgan fingerprint density at radius 3 is 2.47 bits per heavy atom. The van der Waals surface area contributed by atoms with Crippen molar-refractivity contribution in [2.45, 2.75) is 90.8 Å². The lowest BCUT2D eigenvalue weighted by molar-refractivity contribution is -0.132. The fourth-order valence-corrected chi connectivity index (χ4v) is 4.30. The van der Waals surface area contributed by atoms with Crippen molar-refractivity contribution in [2.24, 2.45) is 11.3 Å². The van der Waals surface area contributed by atoms with Crippen molar-refractivity contribution in [3.05, 3.63) is 0 Å². The molecule has 0 aromatic rings. The third-order valence-corrected chi connectivity index (χ3v) is 5.63. The second-order valence-electron chi connectivity index (χ2n) is 6.99. The third-order valence-electron chi connectivity index (χ3n) is 5.63. The van der Waals surface area contributed by atoms with Crippen molar-refractivity contribution < 1.29 is 4.74 Å². The van der Waals surface area contributed by atoms with Gasteiger partial charge < -0.3 is 10.1 Å². The van der Waals surface area contributed by atoms with Gasteiger partial charge in [0.2, 0.25) is 0 Å². The van der Waals surface area contributed by atoms with Gasteiger partial charge in [0.1, 0.15) is 0 Å². The number of rotatable bonds is 7. The van der Waals surface area contributed by atoms with E-state index in [9.17, 15) is 0 Å². The van der Waals surface area contributed by atoms with Crippen LogP contribution in [0.4, 0.5) is 0 Å². The van der Waals surface area contributed by atoms with Crippen molar-refractivity contribution in [3.63, 3.8) is 0 Å². The monoisotopic (exact) mass is 267 g/mol. The molecule has 2 aliphatic carbocycles. The predicted molar refractivity (Wildman–Crippen MR) is 81.4 cm³/mol. The highest BCUT2D eigenvalue weighted by Crippen LogP contribution is 2.54. The molecule has 2 saturated carbocycles. The summed E-state index contributed by atoms with van der Waals surface area (Å²) in [4.78, 5) is 0. The SMILES string of the molecule is CCOC1CC(NC(C)CC(C)CC)C12CCCC2. The Hall–Kier alpha value is -0.0800. The van der Waals surface area contributed by atoms with E-state index >= 15 is 0 Å². The zero-order valence-electron chi connectivity index (χ0n) is 13.4. The molecule has 0 heterocycles. The Morgan fingerprint density at radius 2 is 1.89 bits per heavy atom. The van der Waals surface area contributed by atoms with Crippen molar-refractivity contribution in [1.29, 1.82) is 0 Å². The minimum Gasteiger partial charge on any atom is -0.378 e. The summed E-state index contributed by atoms with van der Waals surface area (Å²) in [7, 11) is 0. The Kier molecular flexibility index (Phi) is 5.30. The average molecular weight is 267 g/mol. The van der Waals surface area contributed by atoms with Gasteiger partial charge in [-0.2, -0.15) is 0 Å². The number of hydrogen-bond donors (Lipinski definition) is 1. The molecule has 2 rings (SSSR count).